The summed E-state index contributed by atoms with van der Waals surface area (Å²) in [7, 11) is -2.34. The van der Waals surface area contributed by atoms with Crippen LogP contribution < -0.4 is 0 Å². The standard InChI is InChI=1S/C25H27OP/c26-27(20-23-14-8-3-9-15-23)24(18-21-10-4-1-5-11-21)16-17-25(27)19-22-12-6-2-7-13-22/h1-15,24-25H,16-20H2. The molecule has 0 aromatic heterocycles. The Kier molecular flexibility index (Phi) is 5.60. The average molecular weight is 374 g/mol. The lowest BCUT2D eigenvalue weighted by molar-refractivity contribution is 0.561. The van der Waals surface area contributed by atoms with Crippen molar-refractivity contribution in [3.8, 4) is 0 Å². The summed E-state index contributed by atoms with van der Waals surface area (Å²) in [5, 5.41) is 0. The van der Waals surface area contributed by atoms with Crippen molar-refractivity contribution in [3.63, 3.8) is 0 Å². The molecule has 2 atom stereocenters. The molecule has 27 heavy (non-hydrogen) atoms. The number of rotatable bonds is 6. The maximum atomic E-state index is 14.5. The molecule has 0 amide bonds. The number of benzene rings is 3. The molecular weight excluding hydrogens is 347 g/mol. The molecule has 0 aliphatic carbocycles. The summed E-state index contributed by atoms with van der Waals surface area (Å²) in [5.74, 6) is 0. The molecular formula is C25H27OP. The highest BCUT2D eigenvalue weighted by atomic mass is 31.2. The largest absolute Gasteiger partial charge is 0.323 e. The van der Waals surface area contributed by atoms with E-state index in [9.17, 15) is 4.57 Å². The van der Waals surface area contributed by atoms with Gasteiger partial charge in [-0.2, -0.15) is 0 Å². The molecule has 2 heteroatoms. The topological polar surface area (TPSA) is 17.1 Å². The first-order valence-electron chi connectivity index (χ1n) is 9.94. The van der Waals surface area contributed by atoms with Crippen molar-refractivity contribution >= 4 is 7.14 Å². The zero-order chi connectivity index (χ0) is 18.5. The van der Waals surface area contributed by atoms with Gasteiger partial charge in [0, 0.05) is 17.5 Å². The smallest absolute Gasteiger partial charge is 0.0984 e. The molecule has 3 aromatic carbocycles. The van der Waals surface area contributed by atoms with Gasteiger partial charge in [0.15, 0.2) is 0 Å². The van der Waals surface area contributed by atoms with Crippen LogP contribution in [0.1, 0.15) is 29.5 Å². The van der Waals surface area contributed by atoms with Crippen LogP contribution in [0.5, 0.6) is 0 Å². The molecule has 2 unspecified atom stereocenters. The highest BCUT2D eigenvalue weighted by Crippen LogP contribution is 2.66. The Morgan fingerprint density at radius 2 is 0.963 bits per heavy atom. The Morgan fingerprint density at radius 3 is 1.37 bits per heavy atom. The average Bonchev–Trinajstić information content (AvgIpc) is 3.00. The second-order valence-electron chi connectivity index (χ2n) is 7.76. The predicted octanol–water partition coefficient (Wildman–Crippen LogP) is 6.57. The number of hydrogen-bond acceptors (Lipinski definition) is 1. The first-order valence-corrected chi connectivity index (χ1v) is 12.0. The lowest BCUT2D eigenvalue weighted by atomic mass is 10.0. The van der Waals surface area contributed by atoms with Crippen molar-refractivity contribution < 1.29 is 4.57 Å². The van der Waals surface area contributed by atoms with Crippen LogP contribution in [-0.4, -0.2) is 11.3 Å². The molecule has 0 bridgehead atoms. The number of hydrogen-bond donors (Lipinski definition) is 0. The van der Waals surface area contributed by atoms with E-state index in [4.69, 9.17) is 0 Å². The van der Waals surface area contributed by atoms with Gasteiger partial charge < -0.3 is 4.57 Å². The van der Waals surface area contributed by atoms with Crippen LogP contribution >= 0.6 is 7.14 Å². The van der Waals surface area contributed by atoms with E-state index in [1.807, 2.05) is 6.07 Å². The predicted molar refractivity (Wildman–Crippen MR) is 115 cm³/mol. The molecule has 138 valence electrons. The molecule has 0 saturated carbocycles. The van der Waals surface area contributed by atoms with Crippen LogP contribution in [0.3, 0.4) is 0 Å². The van der Waals surface area contributed by atoms with Gasteiger partial charge in [-0.1, -0.05) is 91.0 Å². The molecule has 3 aromatic rings. The van der Waals surface area contributed by atoms with Crippen LogP contribution in [0.15, 0.2) is 91.0 Å². The van der Waals surface area contributed by atoms with E-state index >= 15 is 0 Å². The Labute approximate surface area is 162 Å². The molecule has 1 saturated heterocycles. The van der Waals surface area contributed by atoms with E-state index in [0.717, 1.165) is 31.8 Å². The van der Waals surface area contributed by atoms with Crippen LogP contribution in [-0.2, 0) is 23.6 Å². The van der Waals surface area contributed by atoms with Gasteiger partial charge in [0.25, 0.3) is 0 Å². The SMILES string of the molecule is O=P1(Cc2ccccc2)C(Cc2ccccc2)CCC1Cc1ccccc1. The molecule has 0 spiro atoms. The summed E-state index contributed by atoms with van der Waals surface area (Å²) in [4.78, 5) is 0. The highest BCUT2D eigenvalue weighted by molar-refractivity contribution is 7.65. The summed E-state index contributed by atoms with van der Waals surface area (Å²) < 4.78 is 14.5. The normalized spacial score (nSPS) is 24.7. The Morgan fingerprint density at radius 1 is 0.593 bits per heavy atom. The van der Waals surface area contributed by atoms with Crippen LogP contribution in [0.25, 0.3) is 0 Å². The maximum Gasteiger partial charge on any atom is 0.0984 e. The van der Waals surface area contributed by atoms with Crippen molar-refractivity contribution in [1.29, 1.82) is 0 Å². The van der Waals surface area contributed by atoms with Gasteiger partial charge in [0.05, 0.1) is 7.14 Å². The van der Waals surface area contributed by atoms with Crippen molar-refractivity contribution in [2.24, 2.45) is 0 Å². The van der Waals surface area contributed by atoms with E-state index < -0.39 is 7.14 Å². The van der Waals surface area contributed by atoms with E-state index in [-0.39, 0.29) is 0 Å². The molecule has 1 aliphatic heterocycles. The van der Waals surface area contributed by atoms with Gasteiger partial charge in [0.1, 0.15) is 0 Å². The minimum atomic E-state index is -2.34. The quantitative estimate of drug-likeness (QED) is 0.446. The van der Waals surface area contributed by atoms with Crippen LogP contribution in [0, 0.1) is 0 Å². The lowest BCUT2D eigenvalue weighted by Gasteiger charge is -2.27. The molecule has 0 N–H and O–H groups in total. The fraction of sp³-hybridized carbons (Fsp3) is 0.280. The van der Waals surface area contributed by atoms with Crippen LogP contribution in [0.2, 0.25) is 0 Å². The third-order valence-corrected chi connectivity index (χ3v) is 10.2. The molecule has 1 nitrogen and oxygen atoms in total. The minimum Gasteiger partial charge on any atom is -0.323 e. The van der Waals surface area contributed by atoms with Gasteiger partial charge in [0.2, 0.25) is 0 Å². The van der Waals surface area contributed by atoms with Gasteiger partial charge in [-0.3, -0.25) is 0 Å². The second kappa shape index (κ2) is 8.28. The minimum absolute atomic E-state index is 0.300. The van der Waals surface area contributed by atoms with E-state index in [0.29, 0.717) is 11.3 Å². The maximum absolute atomic E-state index is 14.5. The summed E-state index contributed by atoms with van der Waals surface area (Å²) in [6.45, 7) is 0. The van der Waals surface area contributed by atoms with Gasteiger partial charge in [-0.25, -0.2) is 0 Å². The summed E-state index contributed by atoms with van der Waals surface area (Å²) >= 11 is 0. The lowest BCUT2D eigenvalue weighted by Crippen LogP contribution is -2.15. The molecule has 1 aliphatic rings. The second-order valence-corrected chi connectivity index (χ2v) is 11.2. The van der Waals surface area contributed by atoms with Crippen molar-refractivity contribution in [2.75, 3.05) is 0 Å². The zero-order valence-corrected chi connectivity index (χ0v) is 16.6. The molecule has 0 radical (unpaired) electrons. The Hall–Kier alpha value is -2.11. The third kappa shape index (κ3) is 4.25. The monoisotopic (exact) mass is 374 g/mol. The van der Waals surface area contributed by atoms with E-state index in [1.165, 1.54) is 16.7 Å². The fourth-order valence-electron chi connectivity index (χ4n) is 4.53. The molecule has 1 heterocycles. The van der Waals surface area contributed by atoms with Crippen molar-refractivity contribution in [3.05, 3.63) is 108 Å². The van der Waals surface area contributed by atoms with Crippen LogP contribution in [0.4, 0.5) is 0 Å². The summed E-state index contributed by atoms with van der Waals surface area (Å²) in [5.41, 5.74) is 4.45. The van der Waals surface area contributed by atoms with Gasteiger partial charge in [-0.15, -0.1) is 0 Å². The zero-order valence-electron chi connectivity index (χ0n) is 15.7. The Balaban J connectivity index is 1.61. The van der Waals surface area contributed by atoms with E-state index in [1.54, 1.807) is 0 Å². The van der Waals surface area contributed by atoms with E-state index in [2.05, 4.69) is 84.9 Å². The van der Waals surface area contributed by atoms with Gasteiger partial charge in [-0.05, 0) is 42.4 Å². The fourth-order valence-corrected chi connectivity index (χ4v) is 8.64. The first-order chi connectivity index (χ1) is 13.2. The molecule has 4 rings (SSSR count). The molecule has 1 fully saturated rings. The van der Waals surface area contributed by atoms with Crippen molar-refractivity contribution in [2.45, 2.75) is 43.2 Å². The highest BCUT2D eigenvalue weighted by Gasteiger charge is 2.45. The third-order valence-electron chi connectivity index (χ3n) is 5.97. The van der Waals surface area contributed by atoms with Gasteiger partial charge >= 0.3 is 0 Å². The van der Waals surface area contributed by atoms with Crippen molar-refractivity contribution in [1.82, 2.24) is 0 Å². The Bertz CT molecular complexity index is 836. The summed E-state index contributed by atoms with van der Waals surface area (Å²) in [6.07, 6.45) is 4.78. The first kappa shape index (κ1) is 18.3. The summed E-state index contributed by atoms with van der Waals surface area (Å²) in [6, 6.07) is 31.6.